The highest BCUT2D eigenvalue weighted by Gasteiger charge is 2.44. The van der Waals surface area contributed by atoms with E-state index < -0.39 is 12.1 Å². The van der Waals surface area contributed by atoms with Gasteiger partial charge in [-0.15, -0.1) is 0 Å². The lowest BCUT2D eigenvalue weighted by Gasteiger charge is -2.34. The van der Waals surface area contributed by atoms with E-state index in [1.165, 1.54) is 36.3 Å². The Kier molecular flexibility index (Phi) is 4.82. The predicted octanol–water partition coefficient (Wildman–Crippen LogP) is 5.04. The van der Waals surface area contributed by atoms with E-state index in [2.05, 4.69) is 52.0 Å². The van der Waals surface area contributed by atoms with Crippen molar-refractivity contribution in [3.63, 3.8) is 0 Å². The molecule has 0 N–H and O–H groups in total. The van der Waals surface area contributed by atoms with E-state index in [0.29, 0.717) is 22.6 Å². The quantitative estimate of drug-likeness (QED) is 0.669. The monoisotopic (exact) mass is 370 g/mol. The average Bonchev–Trinajstić information content (AvgIpc) is 2.94. The van der Waals surface area contributed by atoms with Crippen LogP contribution in [0.25, 0.3) is 0 Å². The maximum atomic E-state index is 6.41. The summed E-state index contributed by atoms with van der Waals surface area (Å²) in [5.41, 5.74) is 2.75. The standard InChI is InChI=1S/C18H28P2S2/c1-13-9-10-14(2)19(13,21)17-7-5-6-8-18(17)20(22)15(3)11-12-16(20)4/h5-8,13-16H,9-12H2,1-4H3/t13-,14-,15-,16-/m1/s1. The van der Waals surface area contributed by atoms with E-state index in [-0.39, 0.29) is 0 Å². The van der Waals surface area contributed by atoms with Crippen molar-refractivity contribution in [2.75, 3.05) is 0 Å². The van der Waals surface area contributed by atoms with Crippen LogP contribution in [0.5, 0.6) is 0 Å². The van der Waals surface area contributed by atoms with Crippen LogP contribution in [0.15, 0.2) is 24.3 Å². The van der Waals surface area contributed by atoms with Crippen molar-refractivity contribution in [3.05, 3.63) is 24.3 Å². The van der Waals surface area contributed by atoms with Gasteiger partial charge < -0.3 is 0 Å². The van der Waals surface area contributed by atoms with Crippen LogP contribution in [0.2, 0.25) is 0 Å². The first-order chi connectivity index (χ1) is 10.3. The van der Waals surface area contributed by atoms with Gasteiger partial charge in [-0.2, -0.15) is 0 Å². The molecule has 2 saturated heterocycles. The Morgan fingerprint density at radius 2 is 0.955 bits per heavy atom. The number of rotatable bonds is 2. The normalized spacial score (nSPS) is 36.5. The van der Waals surface area contributed by atoms with Crippen molar-refractivity contribution < 1.29 is 0 Å². The van der Waals surface area contributed by atoms with Crippen LogP contribution < -0.4 is 10.6 Å². The molecule has 122 valence electrons. The molecule has 0 bridgehead atoms. The zero-order valence-electron chi connectivity index (χ0n) is 14.2. The lowest BCUT2D eigenvalue weighted by Crippen LogP contribution is -2.32. The van der Waals surface area contributed by atoms with E-state index in [0.717, 1.165) is 0 Å². The maximum absolute atomic E-state index is 6.41. The Morgan fingerprint density at radius 1 is 0.682 bits per heavy atom. The molecule has 2 aliphatic rings. The molecule has 0 saturated carbocycles. The largest absolute Gasteiger partial charge is 0.0920 e. The molecule has 4 atom stereocenters. The van der Waals surface area contributed by atoms with Crippen LogP contribution in [0.4, 0.5) is 0 Å². The van der Waals surface area contributed by atoms with Crippen LogP contribution in [0, 0.1) is 0 Å². The summed E-state index contributed by atoms with van der Waals surface area (Å²) < 4.78 is 0. The first-order valence-electron chi connectivity index (χ1n) is 8.61. The molecule has 4 heteroatoms. The summed E-state index contributed by atoms with van der Waals surface area (Å²) in [7, 11) is 0. The molecule has 0 radical (unpaired) electrons. The lowest BCUT2D eigenvalue weighted by atomic mass is 10.2. The minimum absolute atomic E-state index is 0.688. The molecule has 2 fully saturated rings. The van der Waals surface area contributed by atoms with E-state index in [1.807, 2.05) is 0 Å². The molecule has 0 spiro atoms. The first kappa shape index (κ1) is 17.3. The lowest BCUT2D eigenvalue weighted by molar-refractivity contribution is 0.777. The minimum Gasteiger partial charge on any atom is -0.0920 e. The summed E-state index contributed by atoms with van der Waals surface area (Å²) in [6.07, 6.45) is 5.23. The second-order valence-corrected chi connectivity index (χ2v) is 18.4. The Hall–Kier alpha value is 0.520. The molecule has 0 nitrogen and oxygen atoms in total. The van der Waals surface area contributed by atoms with E-state index in [9.17, 15) is 0 Å². The van der Waals surface area contributed by atoms with Gasteiger partial charge in [-0.25, -0.2) is 0 Å². The summed E-state index contributed by atoms with van der Waals surface area (Å²) in [5.74, 6) is 0. The third-order valence-electron chi connectivity index (χ3n) is 6.26. The van der Waals surface area contributed by atoms with Crippen LogP contribution in [-0.4, -0.2) is 22.6 Å². The highest BCUT2D eigenvalue weighted by molar-refractivity contribution is 8.22. The highest BCUT2D eigenvalue weighted by atomic mass is 32.4. The summed E-state index contributed by atoms with van der Waals surface area (Å²) in [6.45, 7) is 9.60. The average molecular weight is 371 g/mol. The number of hydrogen-bond acceptors (Lipinski definition) is 2. The van der Waals surface area contributed by atoms with Gasteiger partial charge in [0.2, 0.25) is 0 Å². The third kappa shape index (κ3) is 2.36. The van der Waals surface area contributed by atoms with Crippen LogP contribution in [-0.2, 0) is 23.6 Å². The van der Waals surface area contributed by atoms with Gasteiger partial charge in [0.05, 0.1) is 0 Å². The third-order valence-corrected chi connectivity index (χ3v) is 20.5. The van der Waals surface area contributed by atoms with Crippen LogP contribution in [0.3, 0.4) is 0 Å². The molecule has 1 aromatic rings. The fourth-order valence-electron chi connectivity index (χ4n) is 4.61. The Morgan fingerprint density at radius 3 is 1.23 bits per heavy atom. The summed E-state index contributed by atoms with van der Waals surface area (Å²) >= 11 is 12.8. The Labute approximate surface area is 146 Å². The molecular formula is C18H28P2S2. The second kappa shape index (κ2) is 6.11. The molecule has 0 aliphatic carbocycles. The molecule has 3 rings (SSSR count). The van der Waals surface area contributed by atoms with Gasteiger partial charge in [0.25, 0.3) is 0 Å². The zero-order valence-corrected chi connectivity index (χ0v) is 17.6. The van der Waals surface area contributed by atoms with Crippen molar-refractivity contribution in [3.8, 4) is 0 Å². The van der Waals surface area contributed by atoms with Crippen molar-refractivity contribution in [1.29, 1.82) is 0 Å². The predicted molar refractivity (Wildman–Crippen MR) is 111 cm³/mol. The highest BCUT2D eigenvalue weighted by Crippen LogP contribution is 2.66. The summed E-state index contributed by atoms with van der Waals surface area (Å²) in [6, 6.07) is 6.14. The van der Waals surface area contributed by atoms with Gasteiger partial charge in [-0.3, -0.25) is 0 Å². The first-order valence-corrected chi connectivity index (χ1v) is 14.5. The van der Waals surface area contributed by atoms with Gasteiger partial charge in [0.1, 0.15) is 0 Å². The molecule has 0 unspecified atom stereocenters. The van der Waals surface area contributed by atoms with Crippen LogP contribution >= 0.6 is 12.1 Å². The van der Waals surface area contributed by atoms with E-state index in [4.69, 9.17) is 23.6 Å². The van der Waals surface area contributed by atoms with Gasteiger partial charge in [-0.05, 0) is 71.0 Å². The van der Waals surface area contributed by atoms with Gasteiger partial charge >= 0.3 is 0 Å². The van der Waals surface area contributed by atoms with Crippen molar-refractivity contribution >= 4 is 46.3 Å². The molecule has 2 heterocycles. The van der Waals surface area contributed by atoms with Crippen molar-refractivity contribution in [2.24, 2.45) is 0 Å². The molecule has 0 aromatic heterocycles. The Bertz CT molecular complexity index is 582. The fraction of sp³-hybridized carbons (Fsp3) is 0.667. The summed E-state index contributed by atoms with van der Waals surface area (Å²) in [5, 5.41) is 3.07. The second-order valence-electron chi connectivity index (χ2n) is 7.46. The van der Waals surface area contributed by atoms with Gasteiger partial charge in [-0.1, -0.05) is 75.6 Å². The minimum atomic E-state index is -1.50. The summed E-state index contributed by atoms with van der Waals surface area (Å²) in [4.78, 5) is 0. The number of hydrogen-bond donors (Lipinski definition) is 0. The maximum Gasteiger partial charge on any atom is -0.00526 e. The van der Waals surface area contributed by atoms with Gasteiger partial charge in [0.15, 0.2) is 0 Å². The van der Waals surface area contributed by atoms with Crippen molar-refractivity contribution in [2.45, 2.75) is 76.0 Å². The van der Waals surface area contributed by atoms with Gasteiger partial charge in [0, 0.05) is 0 Å². The zero-order chi connectivity index (χ0) is 16.1. The molecular weight excluding hydrogens is 342 g/mol. The topological polar surface area (TPSA) is 0 Å². The van der Waals surface area contributed by atoms with E-state index in [1.54, 1.807) is 0 Å². The number of benzene rings is 1. The fourth-order valence-corrected chi connectivity index (χ4v) is 15.5. The van der Waals surface area contributed by atoms with Crippen LogP contribution in [0.1, 0.15) is 53.4 Å². The molecule has 2 aliphatic heterocycles. The smallest absolute Gasteiger partial charge is 0.00526 e. The molecule has 1 aromatic carbocycles. The SMILES string of the molecule is C[C@@H]1CC[C@@H](C)P1(=S)c1ccccc1P1(=S)[C@H](C)CC[C@H]1C. The Balaban J connectivity index is 2.21. The molecule has 22 heavy (non-hydrogen) atoms. The molecule has 0 amide bonds. The van der Waals surface area contributed by atoms with Crippen molar-refractivity contribution in [1.82, 2.24) is 0 Å². The van der Waals surface area contributed by atoms with E-state index >= 15 is 0 Å².